The quantitative estimate of drug-likeness (QED) is 0.764. The molecule has 0 unspecified atom stereocenters. The van der Waals surface area contributed by atoms with Crippen molar-refractivity contribution in [2.45, 2.75) is 25.8 Å². The molecule has 0 aliphatic rings. The average Bonchev–Trinajstić information content (AvgIpc) is 2.96. The van der Waals surface area contributed by atoms with E-state index in [4.69, 9.17) is 0 Å². The van der Waals surface area contributed by atoms with Crippen LogP contribution in [0.3, 0.4) is 0 Å². The van der Waals surface area contributed by atoms with Gasteiger partial charge in [-0.3, -0.25) is 9.78 Å². The van der Waals surface area contributed by atoms with E-state index >= 15 is 0 Å². The van der Waals surface area contributed by atoms with E-state index in [1.165, 1.54) is 0 Å². The SMILES string of the molecule is O=C(CCc1ccccn1)NCCCn1ccnc1. The van der Waals surface area contributed by atoms with Gasteiger partial charge in [0, 0.05) is 43.8 Å². The van der Waals surface area contributed by atoms with Gasteiger partial charge in [0.05, 0.1) is 6.33 Å². The van der Waals surface area contributed by atoms with Crippen molar-refractivity contribution < 1.29 is 4.79 Å². The monoisotopic (exact) mass is 258 g/mol. The van der Waals surface area contributed by atoms with Gasteiger partial charge in [0.2, 0.25) is 5.91 Å². The Morgan fingerprint density at radius 2 is 2.26 bits per heavy atom. The van der Waals surface area contributed by atoms with E-state index in [0.29, 0.717) is 19.4 Å². The molecule has 0 aliphatic heterocycles. The molecule has 5 heteroatoms. The van der Waals surface area contributed by atoms with Crippen molar-refractivity contribution >= 4 is 5.91 Å². The number of hydrogen-bond acceptors (Lipinski definition) is 3. The molecule has 0 saturated carbocycles. The lowest BCUT2D eigenvalue weighted by Crippen LogP contribution is -2.25. The zero-order valence-electron chi connectivity index (χ0n) is 10.8. The van der Waals surface area contributed by atoms with Crippen molar-refractivity contribution in [1.29, 1.82) is 0 Å². The number of rotatable bonds is 7. The van der Waals surface area contributed by atoms with Crippen LogP contribution < -0.4 is 5.32 Å². The maximum Gasteiger partial charge on any atom is 0.220 e. The summed E-state index contributed by atoms with van der Waals surface area (Å²) < 4.78 is 2.00. The summed E-state index contributed by atoms with van der Waals surface area (Å²) in [5.74, 6) is 0.0799. The van der Waals surface area contributed by atoms with Gasteiger partial charge >= 0.3 is 0 Å². The third-order valence-corrected chi connectivity index (χ3v) is 2.81. The second-order valence-electron chi connectivity index (χ2n) is 4.33. The molecule has 2 heterocycles. The van der Waals surface area contributed by atoms with Gasteiger partial charge in [0.1, 0.15) is 0 Å². The van der Waals surface area contributed by atoms with Gasteiger partial charge in [0.25, 0.3) is 0 Å². The predicted octanol–water partition coefficient (Wildman–Crippen LogP) is 1.42. The second kappa shape index (κ2) is 7.31. The molecule has 100 valence electrons. The first-order valence-electron chi connectivity index (χ1n) is 6.47. The Labute approximate surface area is 112 Å². The zero-order valence-corrected chi connectivity index (χ0v) is 10.8. The smallest absolute Gasteiger partial charge is 0.220 e. The van der Waals surface area contributed by atoms with Crippen LogP contribution in [0.2, 0.25) is 0 Å². The fourth-order valence-electron chi connectivity index (χ4n) is 1.78. The predicted molar refractivity (Wildman–Crippen MR) is 72.4 cm³/mol. The van der Waals surface area contributed by atoms with Crippen molar-refractivity contribution in [3.63, 3.8) is 0 Å². The van der Waals surface area contributed by atoms with Crippen LogP contribution in [0.5, 0.6) is 0 Å². The highest BCUT2D eigenvalue weighted by Gasteiger charge is 2.02. The Balaban J connectivity index is 1.57. The lowest BCUT2D eigenvalue weighted by molar-refractivity contribution is -0.121. The molecule has 2 aromatic heterocycles. The third kappa shape index (κ3) is 4.91. The van der Waals surface area contributed by atoms with Gasteiger partial charge in [-0.25, -0.2) is 4.98 Å². The molecule has 2 aromatic rings. The van der Waals surface area contributed by atoms with Crippen LogP contribution in [0.25, 0.3) is 0 Å². The molecule has 0 aromatic carbocycles. The number of nitrogens with one attached hydrogen (secondary N) is 1. The second-order valence-corrected chi connectivity index (χ2v) is 4.33. The molecule has 0 bridgehead atoms. The first kappa shape index (κ1) is 13.3. The standard InChI is InChI=1S/C14H18N4O/c19-14(6-5-13-4-1-2-7-16-13)17-8-3-10-18-11-9-15-12-18/h1-2,4,7,9,11-12H,3,5-6,8,10H2,(H,17,19). The van der Waals surface area contributed by atoms with Crippen LogP contribution in [-0.4, -0.2) is 27.0 Å². The van der Waals surface area contributed by atoms with Crippen molar-refractivity contribution in [3.05, 3.63) is 48.8 Å². The minimum absolute atomic E-state index is 0.0799. The molecular weight excluding hydrogens is 240 g/mol. The maximum absolute atomic E-state index is 11.6. The molecule has 19 heavy (non-hydrogen) atoms. The Morgan fingerprint density at radius 3 is 3.00 bits per heavy atom. The van der Waals surface area contributed by atoms with Crippen molar-refractivity contribution in [1.82, 2.24) is 19.9 Å². The highest BCUT2D eigenvalue weighted by Crippen LogP contribution is 1.98. The summed E-state index contributed by atoms with van der Waals surface area (Å²) in [7, 11) is 0. The van der Waals surface area contributed by atoms with E-state index in [-0.39, 0.29) is 5.91 Å². The fourth-order valence-corrected chi connectivity index (χ4v) is 1.78. The van der Waals surface area contributed by atoms with E-state index in [1.54, 1.807) is 18.7 Å². The van der Waals surface area contributed by atoms with Gasteiger partial charge < -0.3 is 9.88 Å². The summed E-state index contributed by atoms with van der Waals surface area (Å²) in [5.41, 5.74) is 0.955. The molecule has 0 saturated heterocycles. The first-order valence-corrected chi connectivity index (χ1v) is 6.47. The van der Waals surface area contributed by atoms with Crippen molar-refractivity contribution in [2.75, 3.05) is 6.54 Å². The summed E-state index contributed by atoms with van der Waals surface area (Å²) in [6.45, 7) is 1.57. The van der Waals surface area contributed by atoms with Crippen LogP contribution in [0.15, 0.2) is 43.1 Å². The molecule has 1 amide bonds. The van der Waals surface area contributed by atoms with E-state index in [0.717, 1.165) is 18.7 Å². The number of imidazole rings is 1. The number of pyridine rings is 1. The molecular formula is C14H18N4O. The molecule has 1 N–H and O–H groups in total. The number of aromatic nitrogens is 3. The summed E-state index contributed by atoms with van der Waals surface area (Å²) in [6, 6.07) is 5.75. The number of aryl methyl sites for hydroxylation is 2. The number of nitrogens with zero attached hydrogens (tertiary/aromatic N) is 3. The van der Waals surface area contributed by atoms with Crippen LogP contribution in [0.4, 0.5) is 0 Å². The topological polar surface area (TPSA) is 59.8 Å². The number of amides is 1. The minimum Gasteiger partial charge on any atom is -0.356 e. The lowest BCUT2D eigenvalue weighted by atomic mass is 10.2. The van der Waals surface area contributed by atoms with Crippen molar-refractivity contribution in [3.8, 4) is 0 Å². The molecule has 0 radical (unpaired) electrons. The number of carbonyl (C=O) groups excluding carboxylic acids is 1. The van der Waals surface area contributed by atoms with Gasteiger partial charge in [-0.1, -0.05) is 6.07 Å². The average molecular weight is 258 g/mol. The zero-order chi connectivity index (χ0) is 13.3. The van der Waals surface area contributed by atoms with Gasteiger partial charge in [-0.15, -0.1) is 0 Å². The molecule has 2 rings (SSSR count). The first-order chi connectivity index (χ1) is 9.34. The molecule has 0 atom stereocenters. The Kier molecular flexibility index (Phi) is 5.10. The third-order valence-electron chi connectivity index (χ3n) is 2.81. The largest absolute Gasteiger partial charge is 0.356 e. The summed E-state index contributed by atoms with van der Waals surface area (Å²) >= 11 is 0. The Hall–Kier alpha value is -2.17. The highest BCUT2D eigenvalue weighted by atomic mass is 16.1. The number of hydrogen-bond donors (Lipinski definition) is 1. The number of carbonyl (C=O) groups is 1. The molecule has 0 spiro atoms. The summed E-state index contributed by atoms with van der Waals surface area (Å²) in [6.07, 6.45) is 9.29. The molecule has 0 aliphatic carbocycles. The van der Waals surface area contributed by atoms with Gasteiger partial charge in [0.15, 0.2) is 0 Å². The summed E-state index contributed by atoms with van der Waals surface area (Å²) in [4.78, 5) is 19.8. The lowest BCUT2D eigenvalue weighted by Gasteiger charge is -2.05. The Morgan fingerprint density at radius 1 is 1.32 bits per heavy atom. The van der Waals surface area contributed by atoms with E-state index in [1.807, 2.05) is 29.0 Å². The van der Waals surface area contributed by atoms with Crippen LogP contribution in [-0.2, 0) is 17.8 Å². The maximum atomic E-state index is 11.6. The molecule has 5 nitrogen and oxygen atoms in total. The van der Waals surface area contributed by atoms with Crippen LogP contribution in [0, 0.1) is 0 Å². The van der Waals surface area contributed by atoms with Crippen molar-refractivity contribution in [2.24, 2.45) is 0 Å². The molecule has 0 fully saturated rings. The normalized spacial score (nSPS) is 10.3. The minimum atomic E-state index is 0.0799. The van der Waals surface area contributed by atoms with E-state index in [2.05, 4.69) is 15.3 Å². The Bertz CT molecular complexity index is 481. The van der Waals surface area contributed by atoms with Crippen LogP contribution in [0.1, 0.15) is 18.5 Å². The fraction of sp³-hybridized carbons (Fsp3) is 0.357. The van der Waals surface area contributed by atoms with Gasteiger partial charge in [-0.05, 0) is 25.0 Å². The van der Waals surface area contributed by atoms with Crippen LogP contribution >= 0.6 is 0 Å². The van der Waals surface area contributed by atoms with E-state index in [9.17, 15) is 4.79 Å². The summed E-state index contributed by atoms with van der Waals surface area (Å²) in [5, 5.41) is 2.91. The highest BCUT2D eigenvalue weighted by molar-refractivity contribution is 5.76. The van der Waals surface area contributed by atoms with E-state index < -0.39 is 0 Å². The van der Waals surface area contributed by atoms with Gasteiger partial charge in [-0.2, -0.15) is 0 Å².